The number of ether oxygens (including phenoxy) is 2. The Hall–Kier alpha value is -6.67. The average molecular weight is 831 g/mol. The molecule has 2 bridgehead atoms. The highest BCUT2D eigenvalue weighted by molar-refractivity contribution is 6.06. The Morgan fingerprint density at radius 2 is 1.74 bits per heavy atom. The van der Waals surface area contributed by atoms with Crippen molar-refractivity contribution >= 4 is 38.8 Å². The van der Waals surface area contributed by atoms with E-state index in [1.54, 1.807) is 28.6 Å². The molecule has 7 heterocycles. The maximum absolute atomic E-state index is 16.0. The normalized spacial score (nSPS) is 17.4. The van der Waals surface area contributed by atoms with Gasteiger partial charge < -0.3 is 19.7 Å². The predicted octanol–water partition coefficient (Wildman–Crippen LogP) is 7.82. The summed E-state index contributed by atoms with van der Waals surface area (Å²) in [5.41, 5.74) is 9.51. The molecule has 8 aromatic rings. The van der Waals surface area contributed by atoms with Crippen molar-refractivity contribution in [2.24, 2.45) is 7.05 Å². The topological polar surface area (TPSA) is 141 Å². The van der Waals surface area contributed by atoms with Crippen molar-refractivity contribution in [2.45, 2.75) is 83.7 Å². The molecule has 5 aromatic heterocycles. The summed E-state index contributed by atoms with van der Waals surface area (Å²) in [7, 11) is 1.74. The first-order valence-electron chi connectivity index (χ1n) is 21.5. The zero-order valence-corrected chi connectivity index (χ0v) is 35.2. The fourth-order valence-corrected chi connectivity index (χ4v) is 9.62. The Kier molecular flexibility index (Phi) is 9.29. The van der Waals surface area contributed by atoms with Crippen LogP contribution in [0.5, 0.6) is 11.8 Å². The van der Waals surface area contributed by atoms with Crippen molar-refractivity contribution in [1.82, 2.24) is 44.6 Å². The average Bonchev–Trinajstić information content (AvgIpc) is 3.53. The van der Waals surface area contributed by atoms with E-state index in [-0.39, 0.29) is 48.6 Å². The van der Waals surface area contributed by atoms with E-state index in [0.717, 1.165) is 93.5 Å². The molecule has 2 atom stereocenters. The van der Waals surface area contributed by atoms with Gasteiger partial charge in [-0.05, 0) is 90.6 Å². The minimum Gasteiger partial charge on any atom is -0.486 e. The van der Waals surface area contributed by atoms with Crippen LogP contribution in [0, 0.1) is 12.7 Å². The lowest BCUT2D eigenvalue weighted by molar-refractivity contribution is 0.278. The quantitative estimate of drug-likeness (QED) is 0.125. The van der Waals surface area contributed by atoms with Gasteiger partial charge in [-0.25, -0.2) is 14.2 Å². The van der Waals surface area contributed by atoms with Crippen molar-refractivity contribution in [2.75, 3.05) is 18.0 Å². The minimum absolute atomic E-state index is 0.121. The first-order chi connectivity index (χ1) is 30.2. The molecule has 11 rings (SSSR count). The van der Waals surface area contributed by atoms with Crippen molar-refractivity contribution in [3.05, 3.63) is 129 Å². The van der Waals surface area contributed by atoms with Crippen LogP contribution < -0.4 is 25.4 Å². The second kappa shape index (κ2) is 15.0. The molecule has 3 fully saturated rings. The molecule has 2 N–H and O–H groups in total. The third kappa shape index (κ3) is 6.55. The molecule has 314 valence electrons. The van der Waals surface area contributed by atoms with Gasteiger partial charge in [0.15, 0.2) is 11.4 Å². The van der Waals surface area contributed by atoms with Crippen LogP contribution in [0.2, 0.25) is 0 Å². The molecule has 1 saturated carbocycles. The lowest BCUT2D eigenvalue weighted by Crippen LogP contribution is -2.44. The molecule has 2 saturated heterocycles. The summed E-state index contributed by atoms with van der Waals surface area (Å²) in [5, 5.41) is 12.7. The van der Waals surface area contributed by atoms with E-state index in [1.807, 2.05) is 61.7 Å². The Bertz CT molecular complexity index is 3100. The fourth-order valence-electron chi connectivity index (χ4n) is 9.62. The second-order valence-corrected chi connectivity index (χ2v) is 17.4. The summed E-state index contributed by atoms with van der Waals surface area (Å²) in [6.45, 7) is 8.62. The fraction of sp³-hybridized carbons (Fsp3) is 0.333. The van der Waals surface area contributed by atoms with Crippen molar-refractivity contribution in [1.29, 1.82) is 0 Å². The number of imidazole rings is 1. The third-order valence-electron chi connectivity index (χ3n) is 12.9. The number of nitrogens with one attached hydrogen (secondary N) is 2. The lowest BCUT2D eigenvalue weighted by Gasteiger charge is -2.30. The number of H-pyrrole nitrogens is 1. The van der Waals surface area contributed by atoms with Crippen LogP contribution in [0.3, 0.4) is 0 Å². The molecule has 3 aliphatic rings. The van der Waals surface area contributed by atoms with E-state index in [9.17, 15) is 4.79 Å². The van der Waals surface area contributed by atoms with Gasteiger partial charge >= 0.3 is 11.7 Å². The van der Waals surface area contributed by atoms with Crippen LogP contribution >= 0.6 is 0 Å². The number of anilines is 1. The van der Waals surface area contributed by atoms with Gasteiger partial charge in [0.05, 0.1) is 23.8 Å². The number of hydrogen-bond acceptors (Lipinski definition) is 10. The monoisotopic (exact) mass is 830 g/mol. The number of aromatic amines is 1. The molecular weight excluding hydrogens is 784 g/mol. The standard InChI is InChI=1S/C48H47FN10O3/c1-26(2)42-31(7-5-15-50-42)25-62-47-54-43-35(45(55-47)58-23-32-17-33(58)20-52-32)18-34(30-13-14-30)41(40-27(3)37(49)19-38-36(40)21-53-56-38)44(43)61-24-29-11-9-28(10-12-29)22-59-39-8-6-16-51-46(39)57(4)48(59)60/h5-12,15-16,18-19,21,26,30,32-33,52H,13-14,17,20,22-25H2,1-4H3,(H,53,56)/t32-,33-/m0/s1. The van der Waals surface area contributed by atoms with E-state index in [1.165, 1.54) is 6.07 Å². The van der Waals surface area contributed by atoms with Gasteiger partial charge in [0, 0.05) is 77.8 Å². The zero-order valence-electron chi connectivity index (χ0n) is 35.2. The van der Waals surface area contributed by atoms with Crippen LogP contribution in [-0.2, 0) is 26.8 Å². The molecular formula is C48H47FN10O3. The minimum atomic E-state index is -0.327. The molecule has 2 aliphatic heterocycles. The molecule has 14 heteroatoms. The number of piperazine rings is 1. The number of nitrogens with zero attached hydrogens (tertiary/aromatic N) is 8. The molecule has 1 aliphatic carbocycles. The van der Waals surface area contributed by atoms with Crippen LogP contribution in [0.15, 0.2) is 84.0 Å². The van der Waals surface area contributed by atoms with Crippen molar-refractivity contribution in [3.63, 3.8) is 0 Å². The molecule has 62 heavy (non-hydrogen) atoms. The first-order valence-corrected chi connectivity index (χ1v) is 21.5. The molecule has 3 aromatic carbocycles. The number of aryl methyl sites for hydroxylation is 1. The van der Waals surface area contributed by atoms with Gasteiger partial charge in [0.1, 0.15) is 30.4 Å². The molecule has 0 unspecified atom stereocenters. The molecule has 0 spiro atoms. The maximum atomic E-state index is 16.0. The highest BCUT2D eigenvalue weighted by atomic mass is 19.1. The molecule has 0 amide bonds. The summed E-state index contributed by atoms with van der Waals surface area (Å²) in [5.74, 6) is 1.51. The smallest absolute Gasteiger partial charge is 0.330 e. The number of fused-ring (bicyclic) bond motifs is 5. The van der Waals surface area contributed by atoms with Crippen LogP contribution in [0.1, 0.15) is 78.5 Å². The zero-order chi connectivity index (χ0) is 42.2. The van der Waals surface area contributed by atoms with Gasteiger partial charge in [0.25, 0.3) is 0 Å². The van der Waals surface area contributed by atoms with Crippen molar-refractivity contribution in [3.8, 4) is 22.9 Å². The van der Waals surface area contributed by atoms with Crippen LogP contribution in [-0.4, -0.2) is 64.4 Å². The largest absolute Gasteiger partial charge is 0.486 e. The SMILES string of the molecule is Cc1c(F)cc2[nH]ncc2c1-c1c(C2CC2)cc2c(N3C[C@@H]4C[C@H]3CN4)nc(OCc3cccnc3C(C)C)nc2c1OCc1ccc(Cn2c(=O)n(C)c3ncccc32)cc1. The number of pyridine rings is 2. The van der Waals surface area contributed by atoms with Gasteiger partial charge in [0.2, 0.25) is 0 Å². The summed E-state index contributed by atoms with van der Waals surface area (Å²) in [6.07, 6.45) is 8.34. The Balaban J connectivity index is 1.06. The number of halogens is 1. The molecule has 0 radical (unpaired) electrons. The van der Waals surface area contributed by atoms with E-state index in [0.29, 0.717) is 40.6 Å². The van der Waals surface area contributed by atoms with E-state index >= 15 is 4.39 Å². The Morgan fingerprint density at radius 3 is 2.52 bits per heavy atom. The first kappa shape index (κ1) is 38.3. The maximum Gasteiger partial charge on any atom is 0.330 e. The summed E-state index contributed by atoms with van der Waals surface area (Å²) >= 11 is 0. The highest BCUT2D eigenvalue weighted by Gasteiger charge is 2.40. The number of hydrogen-bond donors (Lipinski definition) is 2. The van der Waals surface area contributed by atoms with Crippen molar-refractivity contribution < 1.29 is 13.9 Å². The van der Waals surface area contributed by atoms with Gasteiger partial charge in [-0.1, -0.05) is 44.2 Å². The van der Waals surface area contributed by atoms with Crippen LogP contribution in [0.4, 0.5) is 10.2 Å². The Morgan fingerprint density at radius 1 is 0.935 bits per heavy atom. The number of rotatable bonds is 12. The summed E-state index contributed by atoms with van der Waals surface area (Å²) in [6, 6.07) is 20.5. The highest BCUT2D eigenvalue weighted by Crippen LogP contribution is 2.53. The van der Waals surface area contributed by atoms with Gasteiger partial charge in [-0.15, -0.1) is 0 Å². The van der Waals surface area contributed by atoms with E-state index < -0.39 is 0 Å². The summed E-state index contributed by atoms with van der Waals surface area (Å²) < 4.78 is 33.0. The molecule has 13 nitrogen and oxygen atoms in total. The predicted molar refractivity (Wildman–Crippen MR) is 236 cm³/mol. The second-order valence-electron chi connectivity index (χ2n) is 17.4. The van der Waals surface area contributed by atoms with Gasteiger partial charge in [-0.2, -0.15) is 15.1 Å². The Labute approximate surface area is 357 Å². The number of benzene rings is 3. The van der Waals surface area contributed by atoms with Crippen LogP contribution in [0.25, 0.3) is 44.1 Å². The van der Waals surface area contributed by atoms with E-state index in [2.05, 4.69) is 50.3 Å². The lowest BCUT2D eigenvalue weighted by atomic mass is 9.88. The third-order valence-corrected chi connectivity index (χ3v) is 12.9. The van der Waals surface area contributed by atoms with Gasteiger partial charge in [-0.3, -0.25) is 19.2 Å². The summed E-state index contributed by atoms with van der Waals surface area (Å²) in [4.78, 5) is 35.1. The number of aromatic nitrogens is 8. The van der Waals surface area contributed by atoms with E-state index in [4.69, 9.17) is 19.4 Å².